The molecule has 1 fully saturated rings. The van der Waals surface area contributed by atoms with E-state index in [1.165, 1.54) is 6.34 Å². The summed E-state index contributed by atoms with van der Waals surface area (Å²) in [5.41, 5.74) is 5.85. The maximum Gasteiger partial charge on any atom is 0.324 e. The summed E-state index contributed by atoms with van der Waals surface area (Å²) in [6.07, 6.45) is 3.82. The molecule has 0 aliphatic carbocycles. The number of hydrogen-bond acceptors (Lipinski definition) is 5. The van der Waals surface area contributed by atoms with Crippen LogP contribution in [0.1, 0.15) is 19.3 Å². The number of hydrogen-bond donors (Lipinski definition) is 3. The molecule has 0 aromatic heterocycles. The minimum atomic E-state index is -0.214. The van der Waals surface area contributed by atoms with Gasteiger partial charge in [-0.3, -0.25) is 15.6 Å². The summed E-state index contributed by atoms with van der Waals surface area (Å²) in [5.74, 6) is -0.190. The summed E-state index contributed by atoms with van der Waals surface area (Å²) in [4.78, 5) is 13.3. The van der Waals surface area contributed by atoms with Crippen molar-refractivity contribution in [3.05, 3.63) is 0 Å². The molecule has 1 aliphatic heterocycles. The first-order valence-corrected chi connectivity index (χ1v) is 5.60. The van der Waals surface area contributed by atoms with Crippen molar-refractivity contribution in [2.75, 3.05) is 26.7 Å². The summed E-state index contributed by atoms with van der Waals surface area (Å²) in [6.45, 7) is 2.04. The topological polar surface area (TPSA) is 77.5 Å². The van der Waals surface area contributed by atoms with Gasteiger partial charge in [0.25, 0.3) is 0 Å². The number of esters is 1. The summed E-state index contributed by atoms with van der Waals surface area (Å²) in [5, 5.41) is 6.96. The summed E-state index contributed by atoms with van der Waals surface area (Å²) >= 11 is 0. The average molecular weight is 228 g/mol. The fraction of sp³-hybridized carbons (Fsp3) is 0.800. The molecule has 0 spiro atoms. The van der Waals surface area contributed by atoms with Gasteiger partial charge in [-0.25, -0.2) is 5.43 Å². The molecule has 0 radical (unpaired) electrons. The van der Waals surface area contributed by atoms with Crippen LogP contribution >= 0.6 is 0 Å². The van der Waals surface area contributed by atoms with Gasteiger partial charge < -0.3 is 9.64 Å². The molecule has 1 aliphatic rings. The zero-order valence-corrected chi connectivity index (χ0v) is 9.66. The number of ether oxygens (including phenoxy) is 1. The van der Waals surface area contributed by atoms with Gasteiger partial charge in [0.1, 0.15) is 6.04 Å². The van der Waals surface area contributed by atoms with E-state index in [-0.39, 0.29) is 12.0 Å². The molecule has 92 valence electrons. The SMILES string of the molecule is CN(C=N)CCCOC(=O)[C@@H]1CCCNN1. The van der Waals surface area contributed by atoms with E-state index in [1.54, 1.807) is 4.90 Å². The first kappa shape index (κ1) is 12.9. The molecule has 0 amide bonds. The average Bonchev–Trinajstić information content (AvgIpc) is 2.35. The summed E-state index contributed by atoms with van der Waals surface area (Å²) < 4.78 is 5.13. The van der Waals surface area contributed by atoms with E-state index in [0.29, 0.717) is 6.61 Å². The first-order valence-electron chi connectivity index (χ1n) is 5.60. The number of rotatable bonds is 6. The molecule has 0 aromatic rings. The first-order chi connectivity index (χ1) is 7.74. The van der Waals surface area contributed by atoms with Gasteiger partial charge in [0, 0.05) is 20.1 Å². The Labute approximate surface area is 95.8 Å². The lowest BCUT2D eigenvalue weighted by Gasteiger charge is -2.22. The number of nitrogens with zero attached hydrogens (tertiary/aromatic N) is 1. The van der Waals surface area contributed by atoms with Crippen LogP contribution < -0.4 is 10.9 Å². The Morgan fingerprint density at radius 2 is 2.50 bits per heavy atom. The van der Waals surface area contributed by atoms with Crippen LogP contribution in [0.25, 0.3) is 0 Å². The Balaban J connectivity index is 2.07. The second-order valence-electron chi connectivity index (χ2n) is 3.90. The molecule has 6 nitrogen and oxygen atoms in total. The van der Waals surface area contributed by atoms with Crippen LogP contribution in [0.3, 0.4) is 0 Å². The molecule has 0 saturated carbocycles. The molecule has 16 heavy (non-hydrogen) atoms. The minimum absolute atomic E-state index is 0.190. The van der Waals surface area contributed by atoms with E-state index in [2.05, 4.69) is 10.9 Å². The lowest BCUT2D eigenvalue weighted by atomic mass is 10.1. The predicted molar refractivity (Wildman–Crippen MR) is 61.2 cm³/mol. The van der Waals surface area contributed by atoms with Gasteiger partial charge in [0.2, 0.25) is 0 Å². The van der Waals surface area contributed by atoms with Crippen molar-refractivity contribution in [3.63, 3.8) is 0 Å². The van der Waals surface area contributed by atoms with E-state index >= 15 is 0 Å². The van der Waals surface area contributed by atoms with Crippen molar-refractivity contribution in [2.24, 2.45) is 0 Å². The molecular weight excluding hydrogens is 208 g/mol. The normalized spacial score (nSPS) is 20.2. The van der Waals surface area contributed by atoms with Gasteiger partial charge in [-0.2, -0.15) is 0 Å². The highest BCUT2D eigenvalue weighted by Crippen LogP contribution is 2.02. The van der Waals surface area contributed by atoms with Crippen molar-refractivity contribution in [3.8, 4) is 0 Å². The quantitative estimate of drug-likeness (QED) is 0.252. The van der Waals surface area contributed by atoms with Crippen LogP contribution in [0.4, 0.5) is 0 Å². The van der Waals surface area contributed by atoms with Crippen LogP contribution in [0.5, 0.6) is 0 Å². The molecule has 1 saturated heterocycles. The van der Waals surface area contributed by atoms with Gasteiger partial charge in [-0.05, 0) is 19.3 Å². The van der Waals surface area contributed by atoms with Gasteiger partial charge in [-0.1, -0.05) is 0 Å². The number of carbonyl (C=O) groups excluding carboxylic acids is 1. The number of hydrazine groups is 1. The van der Waals surface area contributed by atoms with Crippen molar-refractivity contribution < 1.29 is 9.53 Å². The Morgan fingerprint density at radius 3 is 3.12 bits per heavy atom. The molecule has 1 heterocycles. The highest BCUT2D eigenvalue weighted by molar-refractivity contribution is 5.75. The molecule has 0 bridgehead atoms. The molecule has 0 aromatic carbocycles. The highest BCUT2D eigenvalue weighted by Gasteiger charge is 2.21. The Bertz CT molecular complexity index is 229. The van der Waals surface area contributed by atoms with Crippen LogP contribution in [0.2, 0.25) is 0 Å². The molecule has 3 N–H and O–H groups in total. The molecule has 0 unspecified atom stereocenters. The number of carbonyl (C=O) groups is 1. The van der Waals surface area contributed by atoms with Crippen molar-refractivity contribution in [1.82, 2.24) is 15.8 Å². The van der Waals surface area contributed by atoms with Crippen LogP contribution in [-0.4, -0.2) is 50.0 Å². The minimum Gasteiger partial charge on any atom is -0.464 e. The van der Waals surface area contributed by atoms with E-state index in [1.807, 2.05) is 7.05 Å². The second-order valence-corrected chi connectivity index (χ2v) is 3.90. The van der Waals surface area contributed by atoms with Crippen LogP contribution in [0, 0.1) is 5.41 Å². The lowest BCUT2D eigenvalue weighted by Crippen LogP contribution is -2.50. The monoisotopic (exact) mass is 228 g/mol. The molecule has 6 heteroatoms. The maximum absolute atomic E-state index is 11.5. The summed E-state index contributed by atoms with van der Waals surface area (Å²) in [7, 11) is 1.82. The fourth-order valence-electron chi connectivity index (χ4n) is 1.49. The summed E-state index contributed by atoms with van der Waals surface area (Å²) in [6, 6.07) is -0.214. The fourth-order valence-corrected chi connectivity index (χ4v) is 1.49. The second kappa shape index (κ2) is 7.19. The standard InChI is InChI=1S/C10H20N4O2/c1-14(8-11)6-3-7-16-10(15)9-4-2-5-12-13-9/h8-9,11-13H,2-7H2,1H3/t9-/m0/s1. The van der Waals surface area contributed by atoms with E-state index < -0.39 is 0 Å². The third-order valence-electron chi connectivity index (χ3n) is 2.48. The molecule has 1 rings (SSSR count). The van der Waals surface area contributed by atoms with Gasteiger partial charge in [0.05, 0.1) is 12.9 Å². The number of nitrogens with one attached hydrogen (secondary N) is 3. The highest BCUT2D eigenvalue weighted by atomic mass is 16.5. The Kier molecular flexibility index (Phi) is 5.81. The van der Waals surface area contributed by atoms with Gasteiger partial charge >= 0.3 is 5.97 Å². The van der Waals surface area contributed by atoms with Gasteiger partial charge in [0.15, 0.2) is 0 Å². The van der Waals surface area contributed by atoms with Crippen molar-refractivity contribution >= 4 is 12.3 Å². The Hall–Kier alpha value is -1.14. The van der Waals surface area contributed by atoms with Crippen molar-refractivity contribution in [1.29, 1.82) is 5.41 Å². The predicted octanol–water partition coefficient (Wildman–Crippen LogP) is -0.285. The zero-order chi connectivity index (χ0) is 11.8. The largest absolute Gasteiger partial charge is 0.464 e. The van der Waals surface area contributed by atoms with Crippen molar-refractivity contribution in [2.45, 2.75) is 25.3 Å². The van der Waals surface area contributed by atoms with Gasteiger partial charge in [-0.15, -0.1) is 0 Å². The maximum atomic E-state index is 11.5. The zero-order valence-electron chi connectivity index (χ0n) is 9.66. The van der Waals surface area contributed by atoms with E-state index in [4.69, 9.17) is 10.1 Å². The lowest BCUT2D eigenvalue weighted by molar-refractivity contribution is -0.147. The van der Waals surface area contributed by atoms with E-state index in [0.717, 1.165) is 32.4 Å². The smallest absolute Gasteiger partial charge is 0.324 e. The third kappa shape index (κ3) is 4.59. The molecule has 1 atom stereocenters. The third-order valence-corrected chi connectivity index (χ3v) is 2.48. The van der Waals surface area contributed by atoms with Crippen LogP contribution in [0.15, 0.2) is 0 Å². The Morgan fingerprint density at radius 1 is 1.69 bits per heavy atom. The van der Waals surface area contributed by atoms with E-state index in [9.17, 15) is 4.79 Å². The van der Waals surface area contributed by atoms with Crippen LogP contribution in [-0.2, 0) is 9.53 Å². The molecular formula is C10H20N4O2.